The highest BCUT2D eigenvalue weighted by molar-refractivity contribution is 7.89. The van der Waals surface area contributed by atoms with Gasteiger partial charge in [-0.15, -0.1) is 0 Å². The van der Waals surface area contributed by atoms with Crippen LogP contribution in [0.4, 0.5) is 5.69 Å². The second-order valence-electron chi connectivity index (χ2n) is 8.09. The van der Waals surface area contributed by atoms with Gasteiger partial charge in [-0.25, -0.2) is 8.42 Å². The number of carbonyl (C=O) groups is 2. The van der Waals surface area contributed by atoms with Crippen LogP contribution in [-0.4, -0.2) is 68.8 Å². The standard InChI is InChI=1S/C24H29N3O5S/c1-3-23(28)27-12-11-18-17-19(5-10-22(18)27)24(29)25-13-15-26(16-14-25)33(30,31)21-8-6-20(7-9-21)32-4-2/h5-10,17H,3-4,11-16H2,1-2H3. The zero-order chi connectivity index (χ0) is 23.6. The Morgan fingerprint density at radius 1 is 0.939 bits per heavy atom. The highest BCUT2D eigenvalue weighted by Gasteiger charge is 2.31. The van der Waals surface area contributed by atoms with Crippen LogP contribution in [-0.2, 0) is 21.2 Å². The molecule has 0 saturated carbocycles. The van der Waals surface area contributed by atoms with Gasteiger partial charge in [0.1, 0.15) is 5.75 Å². The van der Waals surface area contributed by atoms with E-state index in [2.05, 4.69) is 0 Å². The summed E-state index contributed by atoms with van der Waals surface area (Å²) in [7, 11) is -3.63. The zero-order valence-electron chi connectivity index (χ0n) is 19.0. The molecule has 2 aromatic carbocycles. The third-order valence-corrected chi connectivity index (χ3v) is 8.04. The van der Waals surface area contributed by atoms with E-state index in [9.17, 15) is 18.0 Å². The topological polar surface area (TPSA) is 87.2 Å². The first-order valence-corrected chi connectivity index (χ1v) is 12.7. The van der Waals surface area contributed by atoms with Crippen molar-refractivity contribution in [3.05, 3.63) is 53.6 Å². The Bertz CT molecular complexity index is 1140. The lowest BCUT2D eigenvalue weighted by atomic mass is 10.1. The van der Waals surface area contributed by atoms with E-state index in [-0.39, 0.29) is 29.8 Å². The van der Waals surface area contributed by atoms with Crippen LogP contribution < -0.4 is 9.64 Å². The number of carbonyl (C=O) groups excluding carboxylic acids is 2. The van der Waals surface area contributed by atoms with Crippen LogP contribution in [0.25, 0.3) is 0 Å². The molecule has 0 unspecified atom stereocenters. The van der Waals surface area contributed by atoms with Gasteiger partial charge < -0.3 is 14.5 Å². The number of piperazine rings is 1. The Hall–Kier alpha value is -2.91. The maximum absolute atomic E-state index is 13.1. The Morgan fingerprint density at radius 2 is 1.64 bits per heavy atom. The summed E-state index contributed by atoms with van der Waals surface area (Å²) in [5.74, 6) is 0.595. The van der Waals surface area contributed by atoms with Crippen LogP contribution in [0.1, 0.15) is 36.2 Å². The molecular weight excluding hydrogens is 442 g/mol. The molecule has 2 aliphatic rings. The van der Waals surface area contributed by atoms with E-state index in [0.717, 1.165) is 17.7 Å². The fourth-order valence-corrected chi connectivity index (χ4v) is 5.74. The van der Waals surface area contributed by atoms with Crippen LogP contribution in [0.5, 0.6) is 5.75 Å². The summed E-state index contributed by atoms with van der Waals surface area (Å²) in [6.07, 6.45) is 1.18. The normalized spacial score (nSPS) is 16.5. The second kappa shape index (κ2) is 9.52. The van der Waals surface area contributed by atoms with E-state index in [1.54, 1.807) is 40.1 Å². The monoisotopic (exact) mass is 471 g/mol. The number of hydrogen-bond acceptors (Lipinski definition) is 5. The highest BCUT2D eigenvalue weighted by Crippen LogP contribution is 2.30. The third kappa shape index (κ3) is 4.60. The molecule has 0 N–H and O–H groups in total. The number of nitrogens with zero attached hydrogens (tertiary/aromatic N) is 3. The van der Waals surface area contributed by atoms with Crippen LogP contribution in [0.2, 0.25) is 0 Å². The molecule has 0 aliphatic carbocycles. The minimum Gasteiger partial charge on any atom is -0.494 e. The minimum absolute atomic E-state index is 0.0812. The molecule has 2 heterocycles. The molecule has 8 nitrogen and oxygen atoms in total. The Morgan fingerprint density at radius 3 is 2.27 bits per heavy atom. The largest absolute Gasteiger partial charge is 0.494 e. The van der Waals surface area contributed by atoms with Gasteiger partial charge in [0.25, 0.3) is 5.91 Å². The Kier molecular flexibility index (Phi) is 6.71. The zero-order valence-corrected chi connectivity index (χ0v) is 19.8. The van der Waals surface area contributed by atoms with Crippen LogP contribution >= 0.6 is 0 Å². The summed E-state index contributed by atoms with van der Waals surface area (Å²) in [4.78, 5) is 28.8. The molecular formula is C24H29N3O5S. The minimum atomic E-state index is -3.63. The van der Waals surface area contributed by atoms with Crippen molar-refractivity contribution < 1.29 is 22.7 Å². The summed E-state index contributed by atoms with van der Waals surface area (Å²) in [6, 6.07) is 11.9. The van der Waals surface area contributed by atoms with Gasteiger partial charge in [-0.1, -0.05) is 6.92 Å². The number of benzene rings is 2. The molecule has 0 atom stereocenters. The quantitative estimate of drug-likeness (QED) is 0.646. The maximum Gasteiger partial charge on any atom is 0.253 e. The number of amides is 2. The van der Waals surface area contributed by atoms with E-state index >= 15 is 0 Å². The summed E-state index contributed by atoms with van der Waals surface area (Å²) >= 11 is 0. The van der Waals surface area contributed by atoms with Crippen molar-refractivity contribution in [1.29, 1.82) is 0 Å². The predicted molar refractivity (Wildman–Crippen MR) is 125 cm³/mol. The smallest absolute Gasteiger partial charge is 0.253 e. The van der Waals surface area contributed by atoms with E-state index in [1.165, 1.54) is 4.31 Å². The van der Waals surface area contributed by atoms with Gasteiger partial charge in [0.2, 0.25) is 15.9 Å². The molecule has 2 aliphatic heterocycles. The molecule has 1 fully saturated rings. The summed E-state index contributed by atoms with van der Waals surface area (Å²) in [5.41, 5.74) is 2.45. The van der Waals surface area contributed by atoms with Crippen molar-refractivity contribution in [2.75, 3.05) is 44.2 Å². The number of sulfonamides is 1. The maximum atomic E-state index is 13.1. The van der Waals surface area contributed by atoms with Crippen molar-refractivity contribution in [3.63, 3.8) is 0 Å². The molecule has 2 amide bonds. The lowest BCUT2D eigenvalue weighted by molar-refractivity contribution is -0.118. The number of hydrogen-bond donors (Lipinski definition) is 0. The van der Waals surface area contributed by atoms with Crippen molar-refractivity contribution in [3.8, 4) is 5.75 Å². The van der Waals surface area contributed by atoms with Gasteiger partial charge in [-0.05, 0) is 61.4 Å². The van der Waals surface area contributed by atoms with Gasteiger partial charge >= 0.3 is 0 Å². The predicted octanol–water partition coefficient (Wildman–Crippen LogP) is 2.53. The molecule has 0 bridgehead atoms. The summed E-state index contributed by atoms with van der Waals surface area (Å²) in [6.45, 7) is 6.00. The molecule has 33 heavy (non-hydrogen) atoms. The molecule has 9 heteroatoms. The van der Waals surface area contributed by atoms with Crippen molar-refractivity contribution in [2.45, 2.75) is 31.6 Å². The lowest BCUT2D eigenvalue weighted by Gasteiger charge is -2.34. The van der Waals surface area contributed by atoms with Gasteiger partial charge in [0, 0.05) is 50.4 Å². The van der Waals surface area contributed by atoms with E-state index in [0.29, 0.717) is 44.0 Å². The Balaban J connectivity index is 1.41. The number of anilines is 1. The van der Waals surface area contributed by atoms with Crippen LogP contribution in [0.15, 0.2) is 47.4 Å². The Labute approximate surface area is 194 Å². The first-order chi connectivity index (χ1) is 15.8. The third-order valence-electron chi connectivity index (χ3n) is 6.12. The van der Waals surface area contributed by atoms with Crippen LogP contribution in [0.3, 0.4) is 0 Å². The molecule has 176 valence electrons. The van der Waals surface area contributed by atoms with Gasteiger partial charge in [0.05, 0.1) is 11.5 Å². The highest BCUT2D eigenvalue weighted by atomic mass is 32.2. The number of ether oxygens (including phenoxy) is 1. The van der Waals surface area contributed by atoms with Gasteiger partial charge in [-0.2, -0.15) is 4.31 Å². The van der Waals surface area contributed by atoms with Gasteiger partial charge in [0.15, 0.2) is 0 Å². The summed E-state index contributed by atoms with van der Waals surface area (Å²) < 4.78 is 32.8. The van der Waals surface area contributed by atoms with E-state index in [1.807, 2.05) is 26.0 Å². The van der Waals surface area contributed by atoms with Gasteiger partial charge in [-0.3, -0.25) is 9.59 Å². The molecule has 2 aromatic rings. The first-order valence-electron chi connectivity index (χ1n) is 11.3. The SMILES string of the molecule is CCOc1ccc(S(=O)(=O)N2CCN(C(=O)c3ccc4c(c3)CCN4C(=O)CC)CC2)cc1. The second-order valence-corrected chi connectivity index (χ2v) is 10.0. The van der Waals surface area contributed by atoms with E-state index < -0.39 is 10.0 Å². The fraction of sp³-hybridized carbons (Fsp3) is 0.417. The molecule has 0 aromatic heterocycles. The molecule has 4 rings (SSSR count). The average Bonchev–Trinajstić information content (AvgIpc) is 3.27. The molecule has 0 spiro atoms. The van der Waals surface area contributed by atoms with Crippen molar-refractivity contribution in [1.82, 2.24) is 9.21 Å². The van der Waals surface area contributed by atoms with Crippen LogP contribution in [0, 0.1) is 0 Å². The van der Waals surface area contributed by atoms with E-state index in [4.69, 9.17) is 4.74 Å². The molecule has 1 saturated heterocycles. The number of rotatable bonds is 6. The average molecular weight is 472 g/mol. The van der Waals surface area contributed by atoms with Crippen molar-refractivity contribution >= 4 is 27.5 Å². The summed E-state index contributed by atoms with van der Waals surface area (Å²) in [5, 5.41) is 0. The first kappa shape index (κ1) is 23.3. The lowest BCUT2D eigenvalue weighted by Crippen LogP contribution is -2.50. The fourth-order valence-electron chi connectivity index (χ4n) is 4.32. The van der Waals surface area contributed by atoms with Crippen molar-refractivity contribution in [2.24, 2.45) is 0 Å². The number of fused-ring (bicyclic) bond motifs is 1. The molecule has 0 radical (unpaired) electrons.